The Morgan fingerprint density at radius 1 is 1.33 bits per heavy atom. The molecule has 7 nitrogen and oxygen atoms in total. The second-order valence-corrected chi connectivity index (χ2v) is 6.57. The lowest BCUT2D eigenvalue weighted by Crippen LogP contribution is -2.62. The summed E-state index contributed by atoms with van der Waals surface area (Å²) in [5.74, 6) is -1.14. The van der Waals surface area contributed by atoms with E-state index in [0.29, 0.717) is 6.42 Å². The van der Waals surface area contributed by atoms with Gasteiger partial charge in [-0.15, -0.1) is 0 Å². The van der Waals surface area contributed by atoms with Gasteiger partial charge in [0, 0.05) is 12.6 Å². The molecule has 0 radical (unpaired) electrons. The van der Waals surface area contributed by atoms with Gasteiger partial charge in [0.15, 0.2) is 0 Å². The number of carbonyl (C=O) groups is 3. The van der Waals surface area contributed by atoms with Crippen LogP contribution in [0.4, 0.5) is 0 Å². The number of carbonyl (C=O) groups excluding carboxylic acids is 3. The highest BCUT2D eigenvalue weighted by Gasteiger charge is 2.46. The van der Waals surface area contributed by atoms with Crippen molar-refractivity contribution in [3.05, 3.63) is 33.8 Å². The van der Waals surface area contributed by atoms with Crippen molar-refractivity contribution in [2.75, 3.05) is 13.2 Å². The summed E-state index contributed by atoms with van der Waals surface area (Å²) < 4.78 is 0. The Hall–Kier alpha value is -1.83. The average molecular weight is 372 g/mol. The van der Waals surface area contributed by atoms with Crippen molar-refractivity contribution in [1.29, 1.82) is 0 Å². The van der Waals surface area contributed by atoms with Crippen LogP contribution >= 0.6 is 23.2 Å². The molecule has 2 aliphatic rings. The second kappa shape index (κ2) is 6.58. The van der Waals surface area contributed by atoms with Crippen molar-refractivity contribution in [3.8, 4) is 0 Å². The Kier molecular flexibility index (Phi) is 4.67. The summed E-state index contributed by atoms with van der Waals surface area (Å²) in [5.41, 5.74) is 0.162. The van der Waals surface area contributed by atoms with Gasteiger partial charge in [-0.05, 0) is 18.6 Å². The number of hydrogen-bond donors (Lipinski definition) is 3. The van der Waals surface area contributed by atoms with Crippen molar-refractivity contribution in [2.24, 2.45) is 0 Å². The van der Waals surface area contributed by atoms with Gasteiger partial charge in [0.2, 0.25) is 11.8 Å². The number of amides is 3. The fourth-order valence-electron chi connectivity index (χ4n) is 3.06. The predicted molar refractivity (Wildman–Crippen MR) is 86.9 cm³/mol. The van der Waals surface area contributed by atoms with Crippen molar-refractivity contribution in [3.63, 3.8) is 0 Å². The van der Waals surface area contributed by atoms with Gasteiger partial charge in [-0.2, -0.15) is 0 Å². The molecule has 3 N–H and O–H groups in total. The van der Waals surface area contributed by atoms with Crippen LogP contribution in [0.3, 0.4) is 0 Å². The second-order valence-electron chi connectivity index (χ2n) is 5.75. The van der Waals surface area contributed by atoms with E-state index in [1.54, 1.807) is 18.2 Å². The molecule has 1 aromatic rings. The Bertz CT molecular complexity index is 692. The van der Waals surface area contributed by atoms with Crippen LogP contribution in [0.1, 0.15) is 16.8 Å². The number of piperazine rings is 1. The summed E-state index contributed by atoms with van der Waals surface area (Å²) in [6, 6.07) is 2.78. The number of benzene rings is 1. The first-order valence-corrected chi connectivity index (χ1v) is 8.14. The molecule has 0 saturated carbocycles. The number of fused-ring (bicyclic) bond motifs is 1. The fraction of sp³-hybridized carbons (Fsp3) is 0.400. The smallest absolute Gasteiger partial charge is 0.254 e. The summed E-state index contributed by atoms with van der Waals surface area (Å²) in [4.78, 5) is 38.0. The van der Waals surface area contributed by atoms with E-state index in [-0.39, 0.29) is 34.0 Å². The van der Waals surface area contributed by atoms with Crippen LogP contribution in [0.15, 0.2) is 18.2 Å². The van der Waals surface area contributed by atoms with Crippen LogP contribution in [0.5, 0.6) is 0 Å². The Labute approximate surface area is 147 Å². The van der Waals surface area contributed by atoms with Gasteiger partial charge in [-0.1, -0.05) is 29.3 Å². The lowest BCUT2D eigenvalue weighted by Gasteiger charge is -2.33. The first kappa shape index (κ1) is 17.0. The van der Waals surface area contributed by atoms with E-state index in [9.17, 15) is 14.4 Å². The van der Waals surface area contributed by atoms with Crippen LogP contribution in [0.25, 0.3) is 0 Å². The molecule has 128 valence electrons. The number of nitrogens with zero attached hydrogens (tertiary/aromatic N) is 1. The molecule has 3 rings (SSSR count). The molecule has 1 aromatic carbocycles. The number of aliphatic hydroxyl groups excluding tert-OH is 1. The molecule has 2 fully saturated rings. The first-order valence-electron chi connectivity index (χ1n) is 7.39. The third kappa shape index (κ3) is 2.94. The summed E-state index contributed by atoms with van der Waals surface area (Å²) in [5, 5.41) is 14.9. The minimum absolute atomic E-state index is 0.162. The molecule has 0 unspecified atom stereocenters. The van der Waals surface area contributed by atoms with Crippen LogP contribution < -0.4 is 10.6 Å². The van der Waals surface area contributed by atoms with Gasteiger partial charge in [-0.25, -0.2) is 0 Å². The van der Waals surface area contributed by atoms with Crippen molar-refractivity contribution in [1.82, 2.24) is 15.5 Å². The standard InChI is InChI=1S/C15H15Cl2N3O4/c16-8-2-1-3-9(17)12(8)14(23)18-7-4-11-13(22)19-10(6-21)15(24)20(11)5-7/h1-3,7,10-11,21H,4-6H2,(H,18,23)(H,19,22)/t7-,10-,11-/m0/s1. The third-order valence-corrected chi connectivity index (χ3v) is 4.84. The van der Waals surface area contributed by atoms with E-state index >= 15 is 0 Å². The van der Waals surface area contributed by atoms with Gasteiger partial charge in [0.05, 0.1) is 22.2 Å². The third-order valence-electron chi connectivity index (χ3n) is 4.21. The van der Waals surface area contributed by atoms with E-state index in [2.05, 4.69) is 10.6 Å². The maximum atomic E-state index is 12.4. The first-order chi connectivity index (χ1) is 11.4. The Morgan fingerprint density at radius 3 is 2.62 bits per heavy atom. The van der Waals surface area contributed by atoms with E-state index in [1.165, 1.54) is 4.90 Å². The zero-order valence-electron chi connectivity index (χ0n) is 12.5. The topological polar surface area (TPSA) is 98.7 Å². The molecule has 9 heteroatoms. The molecule has 24 heavy (non-hydrogen) atoms. The van der Waals surface area contributed by atoms with Crippen molar-refractivity contribution < 1.29 is 19.5 Å². The molecule has 2 heterocycles. The number of halogens is 2. The van der Waals surface area contributed by atoms with Gasteiger partial charge < -0.3 is 20.6 Å². The molecular weight excluding hydrogens is 357 g/mol. The molecule has 0 aromatic heterocycles. The summed E-state index contributed by atoms with van der Waals surface area (Å²) >= 11 is 12.0. The van der Waals surface area contributed by atoms with Gasteiger partial charge >= 0.3 is 0 Å². The monoisotopic (exact) mass is 371 g/mol. The maximum absolute atomic E-state index is 12.4. The molecule has 0 bridgehead atoms. The highest BCUT2D eigenvalue weighted by atomic mass is 35.5. The minimum Gasteiger partial charge on any atom is -0.394 e. The average Bonchev–Trinajstić information content (AvgIpc) is 2.95. The Balaban J connectivity index is 1.73. The highest BCUT2D eigenvalue weighted by molar-refractivity contribution is 6.39. The van der Waals surface area contributed by atoms with E-state index < -0.39 is 30.6 Å². The summed E-state index contributed by atoms with van der Waals surface area (Å²) in [6.45, 7) is -0.263. The maximum Gasteiger partial charge on any atom is 0.254 e. The summed E-state index contributed by atoms with van der Waals surface area (Å²) in [6.07, 6.45) is 0.295. The van der Waals surface area contributed by atoms with Crippen LogP contribution in [-0.2, 0) is 9.59 Å². The largest absolute Gasteiger partial charge is 0.394 e. The van der Waals surface area contributed by atoms with Crippen LogP contribution in [-0.4, -0.2) is 59.0 Å². The number of nitrogens with one attached hydrogen (secondary N) is 2. The highest BCUT2D eigenvalue weighted by Crippen LogP contribution is 2.26. The van der Waals surface area contributed by atoms with E-state index in [0.717, 1.165) is 0 Å². The fourth-order valence-corrected chi connectivity index (χ4v) is 3.63. The summed E-state index contributed by atoms with van der Waals surface area (Å²) in [7, 11) is 0. The Morgan fingerprint density at radius 2 is 2.00 bits per heavy atom. The van der Waals surface area contributed by atoms with Crippen LogP contribution in [0, 0.1) is 0 Å². The number of aliphatic hydroxyl groups is 1. The normalized spacial score (nSPS) is 26.1. The van der Waals surface area contributed by atoms with Crippen molar-refractivity contribution in [2.45, 2.75) is 24.5 Å². The molecule has 0 spiro atoms. The zero-order valence-corrected chi connectivity index (χ0v) is 14.0. The molecule has 0 aliphatic carbocycles. The van der Waals surface area contributed by atoms with Crippen molar-refractivity contribution >= 4 is 40.9 Å². The van der Waals surface area contributed by atoms with Gasteiger partial charge in [0.1, 0.15) is 12.1 Å². The predicted octanol–water partition coefficient (Wildman–Crippen LogP) is 0.183. The molecule has 3 amide bonds. The molecular formula is C15H15Cl2N3O4. The molecule has 2 aliphatic heterocycles. The van der Waals surface area contributed by atoms with Gasteiger partial charge in [0.25, 0.3) is 5.91 Å². The lowest BCUT2D eigenvalue weighted by atomic mass is 10.1. The number of hydrogen-bond acceptors (Lipinski definition) is 4. The zero-order chi connectivity index (χ0) is 17.4. The van der Waals surface area contributed by atoms with Gasteiger partial charge in [-0.3, -0.25) is 14.4 Å². The van der Waals surface area contributed by atoms with E-state index in [4.69, 9.17) is 28.3 Å². The minimum atomic E-state index is -0.929. The molecule has 3 atom stereocenters. The molecule has 2 saturated heterocycles. The van der Waals surface area contributed by atoms with E-state index in [1.807, 2.05) is 0 Å². The quantitative estimate of drug-likeness (QED) is 0.705. The lowest BCUT2D eigenvalue weighted by molar-refractivity contribution is -0.148. The SMILES string of the molecule is O=C(N[C@H]1C[C@H]2C(=O)N[C@@H](CO)C(=O)N2C1)c1c(Cl)cccc1Cl. The van der Waals surface area contributed by atoms with Crippen LogP contribution in [0.2, 0.25) is 10.0 Å². The number of rotatable bonds is 3.